The predicted molar refractivity (Wildman–Crippen MR) is 91.8 cm³/mol. The van der Waals surface area contributed by atoms with Gasteiger partial charge in [-0.3, -0.25) is 9.59 Å². The first-order chi connectivity index (χ1) is 11.1. The van der Waals surface area contributed by atoms with Crippen LogP contribution in [0, 0.1) is 0 Å². The molecule has 0 atom stereocenters. The highest BCUT2D eigenvalue weighted by Crippen LogP contribution is 2.21. The number of nitrogens with one attached hydrogen (secondary N) is 1. The molecule has 1 aliphatic heterocycles. The van der Waals surface area contributed by atoms with Gasteiger partial charge < -0.3 is 15.0 Å². The minimum atomic E-state index is -0.193. The number of thiophene rings is 1. The van der Waals surface area contributed by atoms with Gasteiger partial charge in [0.1, 0.15) is 0 Å². The van der Waals surface area contributed by atoms with Crippen molar-refractivity contribution in [1.29, 1.82) is 0 Å². The Labute approximate surface area is 138 Å². The van der Waals surface area contributed by atoms with Crippen molar-refractivity contribution in [2.24, 2.45) is 0 Å². The van der Waals surface area contributed by atoms with Crippen molar-refractivity contribution in [3.63, 3.8) is 0 Å². The van der Waals surface area contributed by atoms with Crippen molar-refractivity contribution in [1.82, 2.24) is 0 Å². The molecule has 1 N–H and O–H groups in total. The molecule has 23 heavy (non-hydrogen) atoms. The van der Waals surface area contributed by atoms with Gasteiger partial charge >= 0.3 is 0 Å². The van der Waals surface area contributed by atoms with Gasteiger partial charge in [-0.2, -0.15) is 0 Å². The molecular formula is C17H18N2O3S. The van der Waals surface area contributed by atoms with Gasteiger partial charge in [0, 0.05) is 24.5 Å². The van der Waals surface area contributed by atoms with Crippen molar-refractivity contribution in [3.05, 3.63) is 46.2 Å². The molecule has 120 valence electrons. The molecule has 2 heterocycles. The summed E-state index contributed by atoms with van der Waals surface area (Å²) in [6, 6.07) is 11.1. The molecule has 6 heteroatoms. The van der Waals surface area contributed by atoms with Crippen LogP contribution in [0.2, 0.25) is 0 Å². The summed E-state index contributed by atoms with van der Waals surface area (Å²) in [7, 11) is 0. The second-order valence-electron chi connectivity index (χ2n) is 5.32. The van der Waals surface area contributed by atoms with E-state index in [4.69, 9.17) is 4.74 Å². The maximum absolute atomic E-state index is 12.2. The van der Waals surface area contributed by atoms with Gasteiger partial charge in [0.25, 0.3) is 5.91 Å². The fraction of sp³-hybridized carbons (Fsp3) is 0.294. The van der Waals surface area contributed by atoms with Gasteiger partial charge in [-0.25, -0.2) is 0 Å². The van der Waals surface area contributed by atoms with E-state index in [1.165, 1.54) is 18.3 Å². The van der Waals surface area contributed by atoms with Crippen LogP contribution in [0.1, 0.15) is 26.3 Å². The highest BCUT2D eigenvalue weighted by Gasteiger charge is 2.13. The highest BCUT2D eigenvalue weighted by atomic mass is 32.1. The number of Topliss-reactive ketones (excluding diaryl/α,β-unsaturated/α-hetero) is 1. The summed E-state index contributed by atoms with van der Waals surface area (Å²) >= 11 is 1.21. The normalized spacial score (nSPS) is 14.6. The van der Waals surface area contributed by atoms with E-state index in [1.54, 1.807) is 12.1 Å². The van der Waals surface area contributed by atoms with Gasteiger partial charge in [0.2, 0.25) is 0 Å². The van der Waals surface area contributed by atoms with Gasteiger partial charge in [0.05, 0.1) is 23.0 Å². The fourth-order valence-electron chi connectivity index (χ4n) is 2.42. The van der Waals surface area contributed by atoms with E-state index < -0.39 is 0 Å². The van der Waals surface area contributed by atoms with Gasteiger partial charge in [-0.1, -0.05) is 0 Å². The number of carbonyl (C=O) groups is 2. The van der Waals surface area contributed by atoms with Gasteiger partial charge in [-0.15, -0.1) is 11.3 Å². The van der Waals surface area contributed by atoms with Crippen molar-refractivity contribution in [2.75, 3.05) is 36.5 Å². The first-order valence-electron chi connectivity index (χ1n) is 7.48. The van der Waals surface area contributed by atoms with E-state index in [0.29, 0.717) is 9.75 Å². The Morgan fingerprint density at radius 2 is 1.70 bits per heavy atom. The molecule has 1 fully saturated rings. The van der Waals surface area contributed by atoms with Crippen LogP contribution in [0.25, 0.3) is 0 Å². The molecule has 1 saturated heterocycles. The van der Waals surface area contributed by atoms with Crippen LogP contribution in [-0.4, -0.2) is 38.0 Å². The van der Waals surface area contributed by atoms with E-state index in [2.05, 4.69) is 10.2 Å². The second kappa shape index (κ2) is 6.93. The number of hydrogen-bond donors (Lipinski definition) is 1. The van der Waals surface area contributed by atoms with E-state index in [-0.39, 0.29) is 11.7 Å². The molecule has 1 aromatic carbocycles. The molecule has 0 saturated carbocycles. The average molecular weight is 330 g/mol. The van der Waals surface area contributed by atoms with Gasteiger partial charge in [0.15, 0.2) is 5.78 Å². The molecule has 0 unspecified atom stereocenters. The van der Waals surface area contributed by atoms with Gasteiger partial charge in [-0.05, 0) is 43.3 Å². The quantitative estimate of drug-likeness (QED) is 0.876. The molecule has 1 aromatic heterocycles. The third-order valence-corrected chi connectivity index (χ3v) is 4.86. The largest absolute Gasteiger partial charge is 0.378 e. The Hall–Kier alpha value is -2.18. The topological polar surface area (TPSA) is 58.6 Å². The maximum Gasteiger partial charge on any atom is 0.265 e. The highest BCUT2D eigenvalue weighted by molar-refractivity contribution is 7.16. The summed E-state index contributed by atoms with van der Waals surface area (Å²) in [5, 5.41) is 2.86. The lowest BCUT2D eigenvalue weighted by atomic mass is 10.2. The first-order valence-corrected chi connectivity index (χ1v) is 8.30. The minimum Gasteiger partial charge on any atom is -0.378 e. The minimum absolute atomic E-state index is 0.0242. The third-order valence-electron chi connectivity index (χ3n) is 3.68. The summed E-state index contributed by atoms with van der Waals surface area (Å²) in [4.78, 5) is 26.9. The number of carbonyl (C=O) groups excluding carboxylic acids is 2. The first kappa shape index (κ1) is 15.7. The molecule has 1 amide bonds. The number of ether oxygens (including phenoxy) is 1. The Kier molecular flexibility index (Phi) is 4.73. The predicted octanol–water partition coefficient (Wildman–Crippen LogP) is 3.04. The number of hydrogen-bond acceptors (Lipinski definition) is 5. The molecule has 2 aromatic rings. The Balaban J connectivity index is 1.65. The molecule has 0 aliphatic carbocycles. The van der Waals surface area contributed by atoms with Crippen molar-refractivity contribution >= 4 is 34.4 Å². The average Bonchev–Trinajstić information content (AvgIpc) is 3.07. The molecule has 1 aliphatic rings. The number of benzene rings is 1. The molecule has 5 nitrogen and oxygen atoms in total. The lowest BCUT2D eigenvalue weighted by Gasteiger charge is -2.28. The zero-order valence-electron chi connectivity index (χ0n) is 12.9. The Morgan fingerprint density at radius 3 is 2.30 bits per heavy atom. The van der Waals surface area contributed by atoms with Crippen LogP contribution in [0.15, 0.2) is 36.4 Å². The van der Waals surface area contributed by atoms with Crippen molar-refractivity contribution in [3.8, 4) is 0 Å². The molecule has 0 radical (unpaired) electrons. The van der Waals surface area contributed by atoms with Crippen LogP contribution in [0.4, 0.5) is 11.4 Å². The van der Waals surface area contributed by atoms with Crippen molar-refractivity contribution < 1.29 is 14.3 Å². The fourth-order valence-corrected chi connectivity index (χ4v) is 3.22. The monoisotopic (exact) mass is 330 g/mol. The van der Waals surface area contributed by atoms with E-state index >= 15 is 0 Å². The Bertz CT molecular complexity index is 703. The van der Waals surface area contributed by atoms with E-state index in [0.717, 1.165) is 37.7 Å². The number of morpholine rings is 1. The second-order valence-corrected chi connectivity index (χ2v) is 6.40. The van der Waals surface area contributed by atoms with Crippen molar-refractivity contribution in [2.45, 2.75) is 6.92 Å². The zero-order valence-corrected chi connectivity index (χ0v) is 13.7. The molecular weight excluding hydrogens is 312 g/mol. The summed E-state index contributed by atoms with van der Waals surface area (Å²) in [5.74, 6) is -0.217. The standard InChI is InChI=1S/C17H18N2O3S/c1-12(20)15-6-7-16(23-15)17(21)18-13-2-4-14(5-3-13)19-8-10-22-11-9-19/h2-7H,8-11H2,1H3,(H,18,21). The van der Waals surface area contributed by atoms with E-state index in [1.807, 2.05) is 24.3 Å². The van der Waals surface area contributed by atoms with E-state index in [9.17, 15) is 9.59 Å². The van der Waals surface area contributed by atoms with Crippen LogP contribution >= 0.6 is 11.3 Å². The summed E-state index contributed by atoms with van der Waals surface area (Å²) in [6.07, 6.45) is 0. The number of rotatable bonds is 4. The number of nitrogens with zero attached hydrogens (tertiary/aromatic N) is 1. The lowest BCUT2D eigenvalue weighted by molar-refractivity contribution is 0.101. The lowest BCUT2D eigenvalue weighted by Crippen LogP contribution is -2.36. The smallest absolute Gasteiger partial charge is 0.265 e. The van der Waals surface area contributed by atoms with Crippen LogP contribution < -0.4 is 10.2 Å². The summed E-state index contributed by atoms with van der Waals surface area (Å²) in [6.45, 7) is 4.76. The summed E-state index contributed by atoms with van der Waals surface area (Å²) < 4.78 is 5.34. The van der Waals surface area contributed by atoms with Crippen LogP contribution in [0.3, 0.4) is 0 Å². The van der Waals surface area contributed by atoms with Crippen LogP contribution in [-0.2, 0) is 4.74 Å². The SMILES string of the molecule is CC(=O)c1ccc(C(=O)Nc2ccc(N3CCOCC3)cc2)s1. The number of ketones is 1. The number of amides is 1. The summed E-state index contributed by atoms with van der Waals surface area (Å²) in [5.41, 5.74) is 1.87. The zero-order chi connectivity index (χ0) is 16.2. The molecule has 3 rings (SSSR count). The number of anilines is 2. The molecule has 0 spiro atoms. The third kappa shape index (κ3) is 3.78. The maximum atomic E-state index is 12.2. The molecule has 0 bridgehead atoms. The Morgan fingerprint density at radius 1 is 1.04 bits per heavy atom. The van der Waals surface area contributed by atoms with Crippen LogP contribution in [0.5, 0.6) is 0 Å².